The minimum atomic E-state index is -0.219. The molecule has 0 saturated heterocycles. The van der Waals surface area contributed by atoms with Gasteiger partial charge in [-0.05, 0) is 46.9 Å². The van der Waals surface area contributed by atoms with Crippen LogP contribution >= 0.6 is 0 Å². The molecule has 2 heteroatoms. The first-order valence-corrected chi connectivity index (χ1v) is 9.15. The van der Waals surface area contributed by atoms with E-state index in [1.165, 1.54) is 21.9 Å². The number of fused-ring (bicyclic) bond motifs is 1. The van der Waals surface area contributed by atoms with Crippen LogP contribution in [0.25, 0.3) is 10.8 Å². The van der Waals surface area contributed by atoms with Gasteiger partial charge in [0.05, 0.1) is 5.92 Å². The molecule has 1 saturated carbocycles. The van der Waals surface area contributed by atoms with Crippen LogP contribution < -0.4 is 0 Å². The Morgan fingerprint density at radius 1 is 0.885 bits per heavy atom. The lowest BCUT2D eigenvalue weighted by atomic mass is 9.86. The number of ketones is 1. The number of hydrogen-bond acceptors (Lipinski definition) is 2. The highest BCUT2D eigenvalue weighted by Crippen LogP contribution is 2.42. The molecule has 3 aromatic rings. The molecule has 0 heterocycles. The first-order chi connectivity index (χ1) is 12.6. The Kier molecular flexibility index (Phi) is 4.20. The Hall–Kier alpha value is -2.74. The highest BCUT2D eigenvalue weighted by atomic mass is 16.1. The molecular weight excluding hydrogens is 318 g/mol. The topological polar surface area (TPSA) is 29.4 Å². The highest BCUT2D eigenvalue weighted by molar-refractivity contribution is 6.19. The lowest BCUT2D eigenvalue weighted by Crippen LogP contribution is -2.16. The molecule has 26 heavy (non-hydrogen) atoms. The number of rotatable bonds is 2. The summed E-state index contributed by atoms with van der Waals surface area (Å²) in [4.78, 5) is 18.0. The van der Waals surface area contributed by atoms with Crippen molar-refractivity contribution in [2.75, 3.05) is 7.05 Å². The van der Waals surface area contributed by atoms with E-state index in [-0.39, 0.29) is 17.6 Å². The van der Waals surface area contributed by atoms with E-state index in [0.29, 0.717) is 6.42 Å². The van der Waals surface area contributed by atoms with E-state index >= 15 is 0 Å². The summed E-state index contributed by atoms with van der Waals surface area (Å²) in [6.07, 6.45) is 0.710. The van der Waals surface area contributed by atoms with Gasteiger partial charge in [0.15, 0.2) is 5.78 Å². The van der Waals surface area contributed by atoms with Gasteiger partial charge in [0.2, 0.25) is 0 Å². The summed E-state index contributed by atoms with van der Waals surface area (Å²) in [5, 5.41) is 2.35. The van der Waals surface area contributed by atoms with Gasteiger partial charge < -0.3 is 0 Å². The van der Waals surface area contributed by atoms with Crippen molar-refractivity contribution in [1.82, 2.24) is 0 Å². The second-order valence-electron chi connectivity index (χ2n) is 7.16. The summed E-state index contributed by atoms with van der Waals surface area (Å²) >= 11 is 0. The Morgan fingerprint density at radius 2 is 1.58 bits per heavy atom. The van der Waals surface area contributed by atoms with Crippen molar-refractivity contribution in [2.24, 2.45) is 4.99 Å². The number of carbonyl (C=O) groups excluding carboxylic acids is 1. The summed E-state index contributed by atoms with van der Waals surface area (Å²) in [6, 6.07) is 20.8. The molecule has 0 amide bonds. The maximum atomic E-state index is 13.5. The van der Waals surface area contributed by atoms with Crippen molar-refractivity contribution in [3.8, 4) is 0 Å². The van der Waals surface area contributed by atoms with E-state index in [1.54, 1.807) is 0 Å². The molecule has 0 N–H and O–H groups in total. The van der Waals surface area contributed by atoms with Crippen molar-refractivity contribution >= 4 is 22.3 Å². The molecule has 2 unspecified atom stereocenters. The Labute approximate surface area is 154 Å². The minimum absolute atomic E-state index is 0.121. The summed E-state index contributed by atoms with van der Waals surface area (Å²) in [5.41, 5.74) is 5.66. The van der Waals surface area contributed by atoms with Crippen LogP contribution in [0.5, 0.6) is 0 Å². The molecule has 0 bridgehead atoms. The average Bonchev–Trinajstić information content (AvgIpc) is 3.00. The molecule has 1 fully saturated rings. The van der Waals surface area contributed by atoms with Crippen LogP contribution in [0.1, 0.15) is 40.5 Å². The third-order valence-corrected chi connectivity index (χ3v) is 5.82. The van der Waals surface area contributed by atoms with E-state index in [0.717, 1.165) is 16.8 Å². The number of nitrogens with zero attached hydrogens (tertiary/aromatic N) is 1. The number of aliphatic imine (C=N–C) groups is 1. The first kappa shape index (κ1) is 16.7. The fourth-order valence-corrected chi connectivity index (χ4v) is 4.25. The third-order valence-electron chi connectivity index (χ3n) is 5.82. The molecule has 0 aromatic heterocycles. The van der Waals surface area contributed by atoms with Crippen molar-refractivity contribution < 1.29 is 4.79 Å². The minimum Gasteiger partial charge on any atom is -0.298 e. The second-order valence-corrected chi connectivity index (χ2v) is 7.16. The molecule has 2 atom stereocenters. The Bertz CT molecular complexity index is 1030. The van der Waals surface area contributed by atoms with Gasteiger partial charge in [0, 0.05) is 25.1 Å². The number of Topliss-reactive ketones (excluding diaryl/α,β-unsaturated/α-hetero) is 1. The summed E-state index contributed by atoms with van der Waals surface area (Å²) in [5.74, 6) is -0.0655. The Balaban J connectivity index is 1.84. The zero-order valence-electron chi connectivity index (χ0n) is 15.5. The SMILES string of the molecule is CN=C1CC(c2cccc3ccccc23)C(=O)C1c1cccc(C)c1C. The molecule has 3 aromatic carbocycles. The fraction of sp³-hybridized carbons (Fsp3) is 0.250. The van der Waals surface area contributed by atoms with Crippen molar-refractivity contribution in [3.05, 3.63) is 82.9 Å². The predicted molar refractivity (Wildman–Crippen MR) is 108 cm³/mol. The summed E-state index contributed by atoms with van der Waals surface area (Å²) < 4.78 is 0. The highest BCUT2D eigenvalue weighted by Gasteiger charge is 2.41. The molecule has 130 valence electrons. The smallest absolute Gasteiger partial charge is 0.153 e. The predicted octanol–water partition coefficient (Wildman–Crippen LogP) is 5.37. The molecule has 1 aliphatic carbocycles. The molecular formula is C24H23NO. The largest absolute Gasteiger partial charge is 0.298 e. The van der Waals surface area contributed by atoms with Gasteiger partial charge >= 0.3 is 0 Å². The number of hydrogen-bond donors (Lipinski definition) is 0. The molecule has 0 spiro atoms. The van der Waals surface area contributed by atoms with E-state index in [2.05, 4.69) is 61.3 Å². The number of benzene rings is 3. The van der Waals surface area contributed by atoms with Gasteiger partial charge in [0.25, 0.3) is 0 Å². The monoisotopic (exact) mass is 341 g/mol. The van der Waals surface area contributed by atoms with Crippen molar-refractivity contribution in [2.45, 2.75) is 32.1 Å². The van der Waals surface area contributed by atoms with Crippen molar-refractivity contribution in [3.63, 3.8) is 0 Å². The van der Waals surface area contributed by atoms with Crippen LogP contribution in [0.2, 0.25) is 0 Å². The molecule has 1 aliphatic rings. The van der Waals surface area contributed by atoms with E-state index < -0.39 is 0 Å². The van der Waals surface area contributed by atoms with Gasteiger partial charge in [-0.15, -0.1) is 0 Å². The quantitative estimate of drug-likeness (QED) is 0.616. The lowest BCUT2D eigenvalue weighted by Gasteiger charge is -2.16. The van der Waals surface area contributed by atoms with Crippen LogP contribution in [-0.4, -0.2) is 18.5 Å². The van der Waals surface area contributed by atoms with Crippen LogP contribution in [0.15, 0.2) is 65.7 Å². The van der Waals surface area contributed by atoms with Crippen LogP contribution in [0, 0.1) is 13.8 Å². The summed E-state index contributed by atoms with van der Waals surface area (Å²) in [7, 11) is 1.81. The second kappa shape index (κ2) is 6.53. The van der Waals surface area contributed by atoms with Gasteiger partial charge in [-0.1, -0.05) is 60.7 Å². The zero-order chi connectivity index (χ0) is 18.3. The fourth-order valence-electron chi connectivity index (χ4n) is 4.25. The average molecular weight is 341 g/mol. The maximum Gasteiger partial charge on any atom is 0.153 e. The first-order valence-electron chi connectivity index (χ1n) is 9.15. The van der Waals surface area contributed by atoms with Gasteiger partial charge in [-0.2, -0.15) is 0 Å². The van der Waals surface area contributed by atoms with Crippen molar-refractivity contribution in [1.29, 1.82) is 0 Å². The number of carbonyl (C=O) groups is 1. The lowest BCUT2D eigenvalue weighted by molar-refractivity contribution is -0.119. The van der Waals surface area contributed by atoms with E-state index in [9.17, 15) is 4.79 Å². The molecule has 0 radical (unpaired) electrons. The normalized spacial score (nSPS) is 21.7. The molecule has 2 nitrogen and oxygen atoms in total. The number of aryl methyl sites for hydroxylation is 1. The molecule has 0 aliphatic heterocycles. The molecule has 4 rings (SSSR count). The summed E-state index contributed by atoms with van der Waals surface area (Å²) in [6.45, 7) is 4.21. The van der Waals surface area contributed by atoms with Gasteiger partial charge in [-0.25, -0.2) is 0 Å². The van der Waals surface area contributed by atoms with Crippen LogP contribution in [0.4, 0.5) is 0 Å². The maximum absolute atomic E-state index is 13.5. The van der Waals surface area contributed by atoms with Crippen LogP contribution in [0.3, 0.4) is 0 Å². The van der Waals surface area contributed by atoms with E-state index in [1.807, 2.05) is 25.2 Å². The van der Waals surface area contributed by atoms with Gasteiger partial charge in [0.1, 0.15) is 0 Å². The van der Waals surface area contributed by atoms with Gasteiger partial charge in [-0.3, -0.25) is 9.79 Å². The van der Waals surface area contributed by atoms with Crippen LogP contribution in [-0.2, 0) is 4.79 Å². The third kappa shape index (κ3) is 2.57. The zero-order valence-corrected chi connectivity index (χ0v) is 15.5. The standard InChI is InChI=1S/C24H23NO/c1-15-8-6-12-18(16(15)2)23-22(25-3)14-21(24(23)26)20-13-7-10-17-9-4-5-11-19(17)20/h4-13,21,23H,14H2,1-3H3. The Morgan fingerprint density at radius 3 is 2.38 bits per heavy atom. The van der Waals surface area contributed by atoms with E-state index in [4.69, 9.17) is 0 Å².